The van der Waals surface area contributed by atoms with Crippen LogP contribution in [0.25, 0.3) is 0 Å². The minimum absolute atomic E-state index is 0.382. The zero-order valence-corrected chi connectivity index (χ0v) is 9.84. The molecule has 1 aromatic heterocycles. The molecule has 0 spiro atoms. The summed E-state index contributed by atoms with van der Waals surface area (Å²) in [4.78, 5) is 9.10. The second-order valence-electron chi connectivity index (χ2n) is 3.41. The van der Waals surface area contributed by atoms with Crippen molar-refractivity contribution in [2.75, 3.05) is 0 Å². The molecule has 2 aromatic rings. The van der Waals surface area contributed by atoms with Gasteiger partial charge in [0.05, 0.1) is 6.21 Å². The lowest BCUT2D eigenvalue weighted by atomic mass is 10.2. The van der Waals surface area contributed by atoms with Gasteiger partial charge in [-0.25, -0.2) is 4.98 Å². The second-order valence-corrected chi connectivity index (χ2v) is 3.80. The Kier molecular flexibility index (Phi) is 4.11. The Morgan fingerprint density at radius 2 is 2.00 bits per heavy atom. The Bertz CT molecular complexity index is 483. The Morgan fingerprint density at radius 1 is 1.18 bits per heavy atom. The van der Waals surface area contributed by atoms with Gasteiger partial charge in [-0.1, -0.05) is 53.2 Å². The largest absolute Gasteiger partial charge is 0.391 e. The van der Waals surface area contributed by atoms with E-state index in [1.54, 1.807) is 18.5 Å². The standard InChI is InChI=1S/C13H11ClN2O/c14-13-7-6-12(8-15-13)10-17-16-9-11-4-2-1-3-5-11/h1-9H,10H2/b16-9+. The average Bonchev–Trinajstić information content (AvgIpc) is 2.38. The predicted molar refractivity (Wildman–Crippen MR) is 68.1 cm³/mol. The number of oxime groups is 1. The molecule has 86 valence electrons. The highest BCUT2D eigenvalue weighted by molar-refractivity contribution is 6.29. The number of pyridine rings is 1. The molecule has 0 aliphatic carbocycles. The summed E-state index contributed by atoms with van der Waals surface area (Å²) in [5, 5.41) is 4.35. The van der Waals surface area contributed by atoms with Crippen LogP contribution in [-0.2, 0) is 11.4 Å². The molecule has 1 aromatic carbocycles. The van der Waals surface area contributed by atoms with Crippen molar-refractivity contribution in [2.45, 2.75) is 6.61 Å². The van der Waals surface area contributed by atoms with E-state index in [9.17, 15) is 0 Å². The number of benzene rings is 1. The van der Waals surface area contributed by atoms with Gasteiger partial charge in [0.25, 0.3) is 0 Å². The molecule has 1 heterocycles. The first-order valence-electron chi connectivity index (χ1n) is 5.15. The lowest BCUT2D eigenvalue weighted by Gasteiger charge is -1.99. The molecule has 0 fully saturated rings. The average molecular weight is 247 g/mol. The molecule has 3 nitrogen and oxygen atoms in total. The molecule has 0 unspecified atom stereocenters. The van der Waals surface area contributed by atoms with Gasteiger partial charge in [-0.3, -0.25) is 0 Å². The van der Waals surface area contributed by atoms with Gasteiger partial charge in [-0.2, -0.15) is 0 Å². The lowest BCUT2D eigenvalue weighted by molar-refractivity contribution is 0.132. The van der Waals surface area contributed by atoms with Crippen LogP contribution >= 0.6 is 11.6 Å². The summed E-state index contributed by atoms with van der Waals surface area (Å²) in [6.07, 6.45) is 3.34. The van der Waals surface area contributed by atoms with Crippen molar-refractivity contribution < 1.29 is 4.84 Å². The molecule has 4 heteroatoms. The molecule has 0 aliphatic rings. The zero-order valence-electron chi connectivity index (χ0n) is 9.08. The fraction of sp³-hybridized carbons (Fsp3) is 0.0769. The van der Waals surface area contributed by atoms with E-state index in [-0.39, 0.29) is 0 Å². The van der Waals surface area contributed by atoms with Crippen molar-refractivity contribution in [3.8, 4) is 0 Å². The fourth-order valence-corrected chi connectivity index (χ4v) is 1.35. The van der Waals surface area contributed by atoms with Crippen LogP contribution in [0.5, 0.6) is 0 Å². The summed E-state index contributed by atoms with van der Waals surface area (Å²) in [6.45, 7) is 0.382. The number of halogens is 1. The number of hydrogen-bond acceptors (Lipinski definition) is 3. The van der Waals surface area contributed by atoms with Crippen LogP contribution < -0.4 is 0 Å². The predicted octanol–water partition coefficient (Wildman–Crippen LogP) is 3.29. The van der Waals surface area contributed by atoms with Crippen molar-refractivity contribution in [3.63, 3.8) is 0 Å². The molecule has 0 saturated heterocycles. The van der Waals surface area contributed by atoms with E-state index in [1.165, 1.54) is 0 Å². The van der Waals surface area contributed by atoms with Crippen LogP contribution in [0.15, 0.2) is 53.8 Å². The first-order chi connectivity index (χ1) is 8.34. The third-order valence-corrected chi connectivity index (χ3v) is 2.32. The third kappa shape index (κ3) is 3.89. The second kappa shape index (κ2) is 6.01. The Labute approximate surface area is 105 Å². The number of hydrogen-bond donors (Lipinski definition) is 0. The van der Waals surface area contributed by atoms with Crippen molar-refractivity contribution in [2.24, 2.45) is 5.16 Å². The van der Waals surface area contributed by atoms with E-state index >= 15 is 0 Å². The molecule has 0 N–H and O–H groups in total. The Hall–Kier alpha value is -1.87. The molecule has 17 heavy (non-hydrogen) atoms. The van der Waals surface area contributed by atoms with Crippen LogP contribution in [0.3, 0.4) is 0 Å². The number of nitrogens with zero attached hydrogens (tertiary/aromatic N) is 2. The van der Waals surface area contributed by atoms with Crippen LogP contribution in [0.4, 0.5) is 0 Å². The van der Waals surface area contributed by atoms with Gasteiger partial charge < -0.3 is 4.84 Å². The summed E-state index contributed by atoms with van der Waals surface area (Å²) in [6, 6.07) is 13.3. The van der Waals surface area contributed by atoms with Gasteiger partial charge in [-0.15, -0.1) is 0 Å². The summed E-state index contributed by atoms with van der Waals surface area (Å²) < 4.78 is 0. The maximum Gasteiger partial charge on any atom is 0.143 e. The maximum absolute atomic E-state index is 5.67. The minimum atomic E-state index is 0.382. The summed E-state index contributed by atoms with van der Waals surface area (Å²) in [7, 11) is 0. The highest BCUT2D eigenvalue weighted by Crippen LogP contribution is 2.06. The normalized spacial score (nSPS) is 10.6. The molecule has 0 aliphatic heterocycles. The maximum atomic E-state index is 5.67. The van der Waals surface area contributed by atoms with Crippen LogP contribution in [0, 0.1) is 0 Å². The Balaban J connectivity index is 1.84. The monoisotopic (exact) mass is 246 g/mol. The van der Waals surface area contributed by atoms with Gasteiger partial charge in [0.15, 0.2) is 0 Å². The minimum Gasteiger partial charge on any atom is -0.391 e. The zero-order chi connectivity index (χ0) is 11.9. The third-order valence-electron chi connectivity index (χ3n) is 2.10. The van der Waals surface area contributed by atoms with Crippen LogP contribution in [-0.4, -0.2) is 11.2 Å². The highest BCUT2D eigenvalue weighted by Gasteiger charge is 1.93. The van der Waals surface area contributed by atoms with E-state index in [0.717, 1.165) is 11.1 Å². The first-order valence-corrected chi connectivity index (χ1v) is 5.53. The van der Waals surface area contributed by atoms with Gasteiger partial charge in [0.1, 0.15) is 11.8 Å². The fourth-order valence-electron chi connectivity index (χ4n) is 1.24. The van der Waals surface area contributed by atoms with E-state index in [0.29, 0.717) is 11.8 Å². The van der Waals surface area contributed by atoms with Crippen LogP contribution in [0.2, 0.25) is 5.15 Å². The van der Waals surface area contributed by atoms with Crippen molar-refractivity contribution in [1.82, 2.24) is 4.98 Å². The summed E-state index contributed by atoms with van der Waals surface area (Å²) in [5.74, 6) is 0. The van der Waals surface area contributed by atoms with Crippen molar-refractivity contribution >= 4 is 17.8 Å². The molecule has 2 rings (SSSR count). The van der Waals surface area contributed by atoms with Crippen molar-refractivity contribution in [3.05, 3.63) is 64.9 Å². The SMILES string of the molecule is Clc1ccc(CO/N=C/c2ccccc2)cn1. The molecule has 0 amide bonds. The van der Waals surface area contributed by atoms with Crippen molar-refractivity contribution in [1.29, 1.82) is 0 Å². The van der Waals surface area contributed by atoms with E-state index in [4.69, 9.17) is 16.4 Å². The van der Waals surface area contributed by atoms with Gasteiger partial charge in [0, 0.05) is 11.8 Å². The van der Waals surface area contributed by atoms with E-state index < -0.39 is 0 Å². The van der Waals surface area contributed by atoms with E-state index in [2.05, 4.69) is 10.1 Å². The molecule has 0 radical (unpaired) electrons. The quantitative estimate of drug-likeness (QED) is 0.471. The van der Waals surface area contributed by atoms with Gasteiger partial charge in [0.2, 0.25) is 0 Å². The topological polar surface area (TPSA) is 34.5 Å². The van der Waals surface area contributed by atoms with Gasteiger partial charge in [-0.05, 0) is 11.6 Å². The smallest absolute Gasteiger partial charge is 0.143 e. The molecular weight excluding hydrogens is 236 g/mol. The number of aromatic nitrogens is 1. The van der Waals surface area contributed by atoms with E-state index in [1.807, 2.05) is 36.4 Å². The van der Waals surface area contributed by atoms with Crippen LogP contribution in [0.1, 0.15) is 11.1 Å². The molecule has 0 bridgehead atoms. The summed E-state index contributed by atoms with van der Waals surface area (Å²) in [5.41, 5.74) is 1.93. The molecule has 0 atom stereocenters. The molecule has 0 saturated carbocycles. The molecular formula is C13H11ClN2O. The number of rotatable bonds is 4. The van der Waals surface area contributed by atoms with Gasteiger partial charge >= 0.3 is 0 Å². The Morgan fingerprint density at radius 3 is 2.71 bits per heavy atom. The first kappa shape index (κ1) is 11.6. The highest BCUT2D eigenvalue weighted by atomic mass is 35.5. The lowest BCUT2D eigenvalue weighted by Crippen LogP contribution is -1.89. The summed E-state index contributed by atoms with van der Waals surface area (Å²) >= 11 is 5.67.